The van der Waals surface area contributed by atoms with Crippen LogP contribution in [0.1, 0.15) is 0 Å². The Morgan fingerprint density at radius 3 is 2.75 bits per heavy atom. The minimum absolute atomic E-state index is 0.463. The quantitative estimate of drug-likeness (QED) is 0.812. The molecular weight excluding hydrogens is 226 g/mol. The lowest BCUT2D eigenvalue weighted by Crippen LogP contribution is -2.15. The fourth-order valence-corrected chi connectivity index (χ4v) is 1.99. The summed E-state index contributed by atoms with van der Waals surface area (Å²) in [4.78, 5) is 4.12. The highest BCUT2D eigenvalue weighted by Crippen LogP contribution is 2.33. The molecule has 16 heavy (non-hydrogen) atoms. The monoisotopic (exact) mass is 235 g/mol. The van der Waals surface area contributed by atoms with Crippen molar-refractivity contribution in [1.82, 2.24) is 9.36 Å². The molecule has 82 valence electrons. The summed E-state index contributed by atoms with van der Waals surface area (Å²) in [5.74, 6) is 2.12. The van der Waals surface area contributed by atoms with Crippen LogP contribution in [0.25, 0.3) is 11.4 Å². The fraction of sp³-hybridized carbons (Fsp3) is 0.200. The van der Waals surface area contributed by atoms with Crippen LogP contribution in [0.3, 0.4) is 0 Å². The molecule has 2 aromatic rings. The average molecular weight is 235 g/mol. The molecule has 2 N–H and O–H groups in total. The van der Waals surface area contributed by atoms with E-state index in [2.05, 4.69) is 9.36 Å². The van der Waals surface area contributed by atoms with Gasteiger partial charge in [0.25, 0.3) is 0 Å². The summed E-state index contributed by atoms with van der Waals surface area (Å²) in [6, 6.07) is 5.63. The van der Waals surface area contributed by atoms with Crippen molar-refractivity contribution in [3.63, 3.8) is 0 Å². The maximum Gasteiger partial charge on any atom is 0.200 e. The van der Waals surface area contributed by atoms with E-state index in [1.165, 1.54) is 11.5 Å². The molecule has 1 aliphatic rings. The van der Waals surface area contributed by atoms with E-state index in [0.717, 1.165) is 17.1 Å². The number of hydrogen-bond donors (Lipinski definition) is 1. The first-order valence-corrected chi connectivity index (χ1v) is 5.59. The van der Waals surface area contributed by atoms with Gasteiger partial charge in [0.15, 0.2) is 22.5 Å². The molecule has 0 radical (unpaired) electrons. The van der Waals surface area contributed by atoms with Gasteiger partial charge >= 0.3 is 0 Å². The fourth-order valence-electron chi connectivity index (χ4n) is 1.53. The second-order valence-corrected chi connectivity index (χ2v) is 4.10. The van der Waals surface area contributed by atoms with E-state index >= 15 is 0 Å². The van der Waals surface area contributed by atoms with E-state index in [1.54, 1.807) is 0 Å². The molecule has 0 bridgehead atoms. The largest absolute Gasteiger partial charge is 0.486 e. The van der Waals surface area contributed by atoms with Gasteiger partial charge in [0.05, 0.1) is 0 Å². The van der Waals surface area contributed by atoms with Gasteiger partial charge in [-0.1, -0.05) is 0 Å². The number of anilines is 1. The Labute approximate surface area is 96.0 Å². The molecule has 0 aliphatic carbocycles. The minimum Gasteiger partial charge on any atom is -0.486 e. The highest BCUT2D eigenvalue weighted by Gasteiger charge is 2.13. The molecule has 5 nitrogen and oxygen atoms in total. The molecule has 3 rings (SSSR count). The van der Waals surface area contributed by atoms with Crippen LogP contribution in [0.5, 0.6) is 11.5 Å². The van der Waals surface area contributed by atoms with Crippen molar-refractivity contribution in [3.05, 3.63) is 18.2 Å². The molecule has 0 unspecified atom stereocenters. The highest BCUT2D eigenvalue weighted by molar-refractivity contribution is 7.09. The number of ether oxygens (including phenoxy) is 2. The normalized spacial score (nSPS) is 13.8. The summed E-state index contributed by atoms with van der Waals surface area (Å²) in [5, 5.41) is 0.463. The molecule has 0 amide bonds. The van der Waals surface area contributed by atoms with Gasteiger partial charge in [-0.15, -0.1) is 0 Å². The third-order valence-corrected chi connectivity index (χ3v) is 2.78. The summed E-state index contributed by atoms with van der Waals surface area (Å²) >= 11 is 1.18. The molecule has 0 spiro atoms. The Morgan fingerprint density at radius 2 is 2.00 bits per heavy atom. The van der Waals surface area contributed by atoms with Gasteiger partial charge in [0, 0.05) is 17.1 Å². The zero-order valence-corrected chi connectivity index (χ0v) is 9.16. The maximum absolute atomic E-state index is 5.54. The number of aromatic nitrogens is 2. The molecule has 0 fully saturated rings. The van der Waals surface area contributed by atoms with Crippen LogP contribution in [-0.2, 0) is 0 Å². The third kappa shape index (κ3) is 1.57. The number of nitrogens with two attached hydrogens (primary N) is 1. The van der Waals surface area contributed by atoms with Crippen molar-refractivity contribution >= 4 is 16.7 Å². The number of benzene rings is 1. The Bertz CT molecular complexity index is 527. The summed E-state index contributed by atoms with van der Waals surface area (Å²) < 4.78 is 15.1. The van der Waals surface area contributed by atoms with E-state index < -0.39 is 0 Å². The molecule has 1 aliphatic heterocycles. The standard InChI is InChI=1S/C10H9N3O2S/c11-10-12-9(13-16-10)6-1-2-7-8(5-6)15-4-3-14-7/h1-2,5H,3-4H2,(H2,11,12,13). The van der Waals surface area contributed by atoms with Crippen LogP contribution >= 0.6 is 11.5 Å². The minimum atomic E-state index is 0.463. The van der Waals surface area contributed by atoms with Crippen molar-refractivity contribution in [3.8, 4) is 22.9 Å². The second kappa shape index (κ2) is 3.64. The first kappa shape index (κ1) is 9.41. The number of hydrogen-bond acceptors (Lipinski definition) is 6. The predicted molar refractivity (Wildman–Crippen MR) is 60.7 cm³/mol. The number of nitrogen functional groups attached to an aromatic ring is 1. The molecule has 0 atom stereocenters. The van der Waals surface area contributed by atoms with Crippen LogP contribution in [0.4, 0.5) is 5.13 Å². The van der Waals surface area contributed by atoms with E-state index in [0.29, 0.717) is 24.2 Å². The Kier molecular flexibility index (Phi) is 2.14. The second-order valence-electron chi connectivity index (χ2n) is 3.31. The van der Waals surface area contributed by atoms with E-state index in [-0.39, 0.29) is 0 Å². The van der Waals surface area contributed by atoms with Crippen molar-refractivity contribution in [2.75, 3.05) is 18.9 Å². The predicted octanol–water partition coefficient (Wildman–Crippen LogP) is 1.56. The Balaban J connectivity index is 2.02. The van der Waals surface area contributed by atoms with E-state index in [9.17, 15) is 0 Å². The zero-order chi connectivity index (χ0) is 11.0. The average Bonchev–Trinajstić information content (AvgIpc) is 2.75. The third-order valence-electron chi connectivity index (χ3n) is 2.24. The van der Waals surface area contributed by atoms with Gasteiger partial charge in [0.2, 0.25) is 0 Å². The highest BCUT2D eigenvalue weighted by atomic mass is 32.1. The first-order chi connectivity index (χ1) is 7.83. The number of fused-ring (bicyclic) bond motifs is 1. The smallest absolute Gasteiger partial charge is 0.200 e. The summed E-state index contributed by atoms with van der Waals surface area (Å²) in [6.45, 7) is 1.16. The van der Waals surface area contributed by atoms with Crippen LogP contribution in [0, 0.1) is 0 Å². The van der Waals surface area contributed by atoms with Crippen LogP contribution in [0.2, 0.25) is 0 Å². The molecule has 1 aromatic heterocycles. The lowest BCUT2D eigenvalue weighted by atomic mass is 10.2. The lowest BCUT2D eigenvalue weighted by molar-refractivity contribution is 0.171. The van der Waals surface area contributed by atoms with E-state index in [1.807, 2.05) is 18.2 Å². The first-order valence-electron chi connectivity index (χ1n) is 4.82. The van der Waals surface area contributed by atoms with Gasteiger partial charge in [0.1, 0.15) is 13.2 Å². The zero-order valence-electron chi connectivity index (χ0n) is 8.34. The van der Waals surface area contributed by atoms with Gasteiger partial charge < -0.3 is 15.2 Å². The Morgan fingerprint density at radius 1 is 1.19 bits per heavy atom. The van der Waals surface area contributed by atoms with Crippen LogP contribution in [0.15, 0.2) is 18.2 Å². The molecular formula is C10H9N3O2S. The molecule has 6 heteroatoms. The maximum atomic E-state index is 5.54. The van der Waals surface area contributed by atoms with Crippen molar-refractivity contribution in [2.24, 2.45) is 0 Å². The summed E-state index contributed by atoms with van der Waals surface area (Å²) in [5.41, 5.74) is 6.43. The van der Waals surface area contributed by atoms with Crippen molar-refractivity contribution in [2.45, 2.75) is 0 Å². The molecule has 0 saturated carbocycles. The number of rotatable bonds is 1. The molecule has 2 heterocycles. The van der Waals surface area contributed by atoms with E-state index in [4.69, 9.17) is 15.2 Å². The summed E-state index contributed by atoms with van der Waals surface area (Å²) in [7, 11) is 0. The van der Waals surface area contributed by atoms with Gasteiger partial charge in [-0.05, 0) is 18.2 Å². The van der Waals surface area contributed by atoms with Crippen molar-refractivity contribution < 1.29 is 9.47 Å². The summed E-state index contributed by atoms with van der Waals surface area (Å²) in [6.07, 6.45) is 0. The molecule has 1 aromatic carbocycles. The number of nitrogens with zero attached hydrogens (tertiary/aromatic N) is 2. The van der Waals surface area contributed by atoms with Gasteiger partial charge in [-0.2, -0.15) is 9.36 Å². The lowest BCUT2D eigenvalue weighted by Gasteiger charge is -2.18. The van der Waals surface area contributed by atoms with Gasteiger partial charge in [-0.3, -0.25) is 0 Å². The SMILES string of the molecule is Nc1nc(-c2ccc3c(c2)OCCO3)ns1. The molecule has 0 saturated heterocycles. The van der Waals surface area contributed by atoms with Crippen molar-refractivity contribution in [1.29, 1.82) is 0 Å². The van der Waals surface area contributed by atoms with Crippen LogP contribution in [-0.4, -0.2) is 22.6 Å². The van der Waals surface area contributed by atoms with Gasteiger partial charge in [-0.25, -0.2) is 0 Å². The Hall–Kier alpha value is -1.82. The van der Waals surface area contributed by atoms with Crippen LogP contribution < -0.4 is 15.2 Å². The topological polar surface area (TPSA) is 70.3 Å².